The van der Waals surface area contributed by atoms with Gasteiger partial charge in [-0.3, -0.25) is 0 Å². The van der Waals surface area contributed by atoms with Crippen LogP contribution in [-0.4, -0.2) is 67.4 Å². The molecule has 2 aliphatic rings. The van der Waals surface area contributed by atoms with Crippen molar-refractivity contribution in [2.24, 2.45) is 0 Å². The van der Waals surface area contributed by atoms with Gasteiger partial charge in [0.1, 0.15) is 17.4 Å². The van der Waals surface area contributed by atoms with Crippen molar-refractivity contribution in [3.63, 3.8) is 0 Å². The second-order valence-corrected chi connectivity index (χ2v) is 7.04. The summed E-state index contributed by atoms with van der Waals surface area (Å²) in [6.45, 7) is 1.61. The predicted octanol–water partition coefficient (Wildman–Crippen LogP) is 1.21. The number of methoxy groups -OCH3 is 1. The molecule has 156 valence electrons. The van der Waals surface area contributed by atoms with Crippen molar-refractivity contribution in [3.8, 4) is 5.75 Å². The van der Waals surface area contributed by atoms with Gasteiger partial charge in [0, 0.05) is 24.0 Å². The maximum absolute atomic E-state index is 11.5. The van der Waals surface area contributed by atoms with Gasteiger partial charge in [-0.2, -0.15) is 0 Å². The van der Waals surface area contributed by atoms with E-state index in [2.05, 4.69) is 0 Å². The van der Waals surface area contributed by atoms with Crippen molar-refractivity contribution >= 4 is 22.9 Å². The first-order valence-corrected chi connectivity index (χ1v) is 9.55. The highest BCUT2D eigenvalue weighted by molar-refractivity contribution is 6.31. The van der Waals surface area contributed by atoms with Gasteiger partial charge in [0.15, 0.2) is 0 Å². The Morgan fingerprint density at radius 1 is 1.24 bits per heavy atom. The molecule has 2 aromatic rings. The monoisotopic (exact) mass is 405 g/mol. The maximum atomic E-state index is 11.5. The number of hydrogen-bond donors (Lipinski definition) is 1. The minimum atomic E-state index is -1.73. The molecule has 0 radical (unpaired) electrons. The first kappa shape index (κ1) is 19.7. The summed E-state index contributed by atoms with van der Waals surface area (Å²) in [6, 6.07) is 5.74. The Balaban J connectivity index is 1.32. The van der Waals surface area contributed by atoms with Crippen LogP contribution < -0.4 is 4.74 Å². The van der Waals surface area contributed by atoms with Gasteiger partial charge in [-0.15, -0.1) is 0 Å². The molecule has 0 amide bonds. The van der Waals surface area contributed by atoms with Crippen molar-refractivity contribution in [1.29, 1.82) is 0 Å². The van der Waals surface area contributed by atoms with Crippen LogP contribution in [0.25, 0.3) is 11.0 Å². The van der Waals surface area contributed by atoms with E-state index in [0.717, 1.165) is 22.3 Å². The molecule has 0 bridgehead atoms. The molecule has 1 spiro atoms. The van der Waals surface area contributed by atoms with Gasteiger partial charge in [0.05, 0.1) is 26.6 Å². The molecule has 1 unspecified atom stereocenters. The topological polar surface area (TPSA) is 108 Å². The number of carbonyl (C=O) groups is 2. The number of aliphatic hydroxyl groups excluding tert-OH is 1. The van der Waals surface area contributed by atoms with Gasteiger partial charge in [-0.25, -0.2) is 14.5 Å². The summed E-state index contributed by atoms with van der Waals surface area (Å²) in [6.07, 6.45) is 2.25. The minimum Gasteiger partial charge on any atom is -0.496 e. The number of carbonyl (C=O) groups excluding carboxylic acids is 2. The number of nitrogens with zero attached hydrogens (tertiary/aromatic N) is 1. The Bertz CT molecular complexity index is 891. The van der Waals surface area contributed by atoms with Crippen molar-refractivity contribution in [2.45, 2.75) is 31.3 Å². The standard InChI is InChI=1S/C20H23NO8/c1-25-15-11-14-5-9-27-16(14)12-13(15)4-8-26-10-7-21-6-2-3-17(22)20(21)28-18(23)19(24)29-20/h5,9,11-12,17,22H,2-4,6-8,10H2,1H3. The number of piperidine rings is 1. The second-order valence-electron chi connectivity index (χ2n) is 7.04. The fraction of sp³-hybridized carbons (Fsp3) is 0.500. The largest absolute Gasteiger partial charge is 0.496 e. The van der Waals surface area contributed by atoms with Crippen LogP contribution in [0.2, 0.25) is 0 Å². The van der Waals surface area contributed by atoms with Crippen LogP contribution in [0.4, 0.5) is 0 Å². The lowest BCUT2D eigenvalue weighted by atomic mass is 10.0. The third kappa shape index (κ3) is 3.68. The summed E-state index contributed by atoms with van der Waals surface area (Å²) in [5.74, 6) is -3.14. The summed E-state index contributed by atoms with van der Waals surface area (Å²) in [7, 11) is 1.62. The molecular formula is C20H23NO8. The zero-order valence-electron chi connectivity index (χ0n) is 16.1. The molecular weight excluding hydrogens is 382 g/mol. The van der Waals surface area contributed by atoms with E-state index in [1.165, 1.54) is 0 Å². The van der Waals surface area contributed by atoms with Crippen LogP contribution in [-0.2, 0) is 30.2 Å². The van der Waals surface area contributed by atoms with Gasteiger partial charge >= 0.3 is 17.8 Å². The molecule has 1 aromatic carbocycles. The molecule has 9 nitrogen and oxygen atoms in total. The molecule has 1 atom stereocenters. The predicted molar refractivity (Wildman–Crippen MR) is 99.0 cm³/mol. The molecule has 3 heterocycles. The second kappa shape index (κ2) is 8.02. The van der Waals surface area contributed by atoms with Crippen LogP contribution in [0, 0.1) is 0 Å². The molecule has 29 heavy (non-hydrogen) atoms. The lowest BCUT2D eigenvalue weighted by molar-refractivity contribution is -0.307. The average Bonchev–Trinajstić information content (AvgIpc) is 3.28. The van der Waals surface area contributed by atoms with E-state index in [9.17, 15) is 14.7 Å². The lowest BCUT2D eigenvalue weighted by Gasteiger charge is -2.43. The van der Waals surface area contributed by atoms with Crippen molar-refractivity contribution in [1.82, 2.24) is 4.90 Å². The number of furan rings is 1. The number of rotatable bonds is 7. The average molecular weight is 405 g/mol. The van der Waals surface area contributed by atoms with Gasteiger partial charge in [-0.1, -0.05) is 0 Å². The van der Waals surface area contributed by atoms with E-state index < -0.39 is 24.0 Å². The van der Waals surface area contributed by atoms with Gasteiger partial charge < -0.3 is 28.5 Å². The summed E-state index contributed by atoms with van der Waals surface area (Å²) in [5, 5.41) is 11.3. The molecule has 0 aliphatic carbocycles. The van der Waals surface area contributed by atoms with Crippen LogP contribution in [0.3, 0.4) is 0 Å². The quantitative estimate of drug-likeness (QED) is 0.413. The number of benzene rings is 1. The molecule has 2 fully saturated rings. The van der Waals surface area contributed by atoms with Crippen molar-refractivity contribution in [3.05, 3.63) is 30.0 Å². The summed E-state index contributed by atoms with van der Waals surface area (Å²) in [5.41, 5.74) is 1.76. The molecule has 1 N–H and O–H groups in total. The molecule has 0 saturated carbocycles. The van der Waals surface area contributed by atoms with E-state index in [4.69, 9.17) is 23.4 Å². The highest BCUT2D eigenvalue weighted by Gasteiger charge is 2.59. The Morgan fingerprint density at radius 3 is 2.79 bits per heavy atom. The first-order valence-electron chi connectivity index (χ1n) is 9.55. The fourth-order valence-electron chi connectivity index (χ4n) is 3.80. The summed E-state index contributed by atoms with van der Waals surface area (Å²) < 4.78 is 26.8. The SMILES string of the molecule is COc1cc2ccoc2cc1CCOCCN1CCCC(O)C12OC(=O)C(=O)O2. The molecule has 2 saturated heterocycles. The Kier molecular flexibility index (Phi) is 5.44. The third-order valence-electron chi connectivity index (χ3n) is 5.29. The molecule has 4 rings (SSSR count). The number of fused-ring (bicyclic) bond motifs is 1. The normalized spacial score (nSPS) is 21.5. The molecule has 1 aromatic heterocycles. The number of aliphatic hydroxyl groups is 1. The minimum absolute atomic E-state index is 0.314. The lowest BCUT2D eigenvalue weighted by Crippen LogP contribution is -2.61. The summed E-state index contributed by atoms with van der Waals surface area (Å²) >= 11 is 0. The van der Waals surface area contributed by atoms with E-state index in [1.807, 2.05) is 18.2 Å². The maximum Gasteiger partial charge on any atom is 0.422 e. The van der Waals surface area contributed by atoms with E-state index in [0.29, 0.717) is 45.6 Å². The van der Waals surface area contributed by atoms with Crippen LogP contribution in [0.15, 0.2) is 28.9 Å². The highest BCUT2D eigenvalue weighted by atomic mass is 16.8. The number of ether oxygens (including phenoxy) is 4. The zero-order chi connectivity index (χ0) is 20.4. The van der Waals surface area contributed by atoms with Crippen LogP contribution >= 0.6 is 0 Å². The van der Waals surface area contributed by atoms with Gasteiger partial charge in [0.25, 0.3) is 0 Å². The van der Waals surface area contributed by atoms with Gasteiger partial charge in [0.2, 0.25) is 0 Å². The van der Waals surface area contributed by atoms with Crippen LogP contribution in [0.1, 0.15) is 18.4 Å². The highest BCUT2D eigenvalue weighted by Crippen LogP contribution is 2.35. The number of hydrogen-bond acceptors (Lipinski definition) is 9. The Morgan fingerprint density at radius 2 is 2.03 bits per heavy atom. The smallest absolute Gasteiger partial charge is 0.422 e. The van der Waals surface area contributed by atoms with Crippen LogP contribution in [0.5, 0.6) is 5.75 Å². The Labute approximate surface area is 167 Å². The molecule has 2 aliphatic heterocycles. The van der Waals surface area contributed by atoms with E-state index in [1.54, 1.807) is 18.3 Å². The third-order valence-corrected chi connectivity index (χ3v) is 5.29. The first-order chi connectivity index (χ1) is 14.0. The van der Waals surface area contributed by atoms with E-state index >= 15 is 0 Å². The van der Waals surface area contributed by atoms with Crippen molar-refractivity contribution in [2.75, 3.05) is 33.4 Å². The number of likely N-dealkylation sites (tertiary alicyclic amines) is 1. The van der Waals surface area contributed by atoms with Crippen molar-refractivity contribution < 1.29 is 38.1 Å². The molecule has 9 heteroatoms. The zero-order valence-corrected chi connectivity index (χ0v) is 16.1. The number of esters is 2. The fourth-order valence-corrected chi connectivity index (χ4v) is 3.80. The summed E-state index contributed by atoms with van der Waals surface area (Å²) in [4.78, 5) is 24.7. The van der Waals surface area contributed by atoms with Gasteiger partial charge in [-0.05, 0) is 37.5 Å². The van der Waals surface area contributed by atoms with E-state index in [-0.39, 0.29) is 0 Å². The Hall–Kier alpha value is -2.62.